The molecular weight excluding hydrogens is 386 g/mol. The lowest BCUT2D eigenvalue weighted by Crippen LogP contribution is -2.11. The van der Waals surface area contributed by atoms with Crippen LogP contribution >= 0.6 is 15.9 Å². The van der Waals surface area contributed by atoms with Gasteiger partial charge in [0.15, 0.2) is 5.76 Å². The van der Waals surface area contributed by atoms with Crippen molar-refractivity contribution < 1.29 is 19.1 Å². The topological polar surface area (TPSA) is 71.7 Å². The van der Waals surface area contributed by atoms with Gasteiger partial charge in [-0.3, -0.25) is 4.79 Å². The molecular formula is C19H16BrNO4. The number of hydrogen-bond donors (Lipinski definition) is 2. The van der Waals surface area contributed by atoms with Crippen molar-refractivity contribution in [3.8, 4) is 11.5 Å². The fourth-order valence-corrected chi connectivity index (χ4v) is 2.60. The number of phenols is 1. The number of aromatic hydroxyl groups is 1. The summed E-state index contributed by atoms with van der Waals surface area (Å²) >= 11 is 3.38. The summed E-state index contributed by atoms with van der Waals surface area (Å²) in [6, 6.07) is 15.7. The van der Waals surface area contributed by atoms with Gasteiger partial charge in [0.25, 0.3) is 5.91 Å². The van der Waals surface area contributed by atoms with Crippen LogP contribution in [0.25, 0.3) is 0 Å². The van der Waals surface area contributed by atoms with Crippen molar-refractivity contribution in [3.05, 3.63) is 76.2 Å². The number of rotatable bonds is 5. The largest absolute Gasteiger partial charge is 0.506 e. The van der Waals surface area contributed by atoms with E-state index in [1.165, 1.54) is 6.07 Å². The Morgan fingerprint density at radius 2 is 2.04 bits per heavy atom. The van der Waals surface area contributed by atoms with Gasteiger partial charge in [0.2, 0.25) is 0 Å². The smallest absolute Gasteiger partial charge is 0.291 e. The standard InChI is InChI=1S/C19H16BrNO4/c1-12-5-7-17(22)16(9-12)21-19(23)18-8-6-15(25-18)11-24-14-4-2-3-13(20)10-14/h2-10,22H,11H2,1H3,(H,21,23). The molecule has 0 radical (unpaired) electrons. The number of aryl methyl sites for hydroxylation is 1. The van der Waals surface area contributed by atoms with E-state index in [9.17, 15) is 9.90 Å². The number of benzene rings is 2. The van der Waals surface area contributed by atoms with Gasteiger partial charge in [-0.2, -0.15) is 0 Å². The average molecular weight is 402 g/mol. The Kier molecular flexibility index (Phi) is 5.09. The molecule has 0 fully saturated rings. The van der Waals surface area contributed by atoms with Gasteiger partial charge in [-0.1, -0.05) is 28.1 Å². The molecule has 0 saturated heterocycles. The molecule has 0 aliphatic heterocycles. The van der Waals surface area contributed by atoms with E-state index in [2.05, 4.69) is 21.2 Å². The van der Waals surface area contributed by atoms with Gasteiger partial charge in [-0.05, 0) is 55.0 Å². The quantitative estimate of drug-likeness (QED) is 0.597. The van der Waals surface area contributed by atoms with Crippen LogP contribution in [0.5, 0.6) is 11.5 Å². The Balaban J connectivity index is 1.64. The average Bonchev–Trinajstić information content (AvgIpc) is 3.05. The van der Waals surface area contributed by atoms with Gasteiger partial charge in [0, 0.05) is 4.47 Å². The molecule has 2 N–H and O–H groups in total. The molecule has 2 aromatic carbocycles. The maximum absolute atomic E-state index is 12.2. The summed E-state index contributed by atoms with van der Waals surface area (Å²) in [5.41, 5.74) is 1.27. The van der Waals surface area contributed by atoms with E-state index in [0.29, 0.717) is 17.2 Å². The fraction of sp³-hybridized carbons (Fsp3) is 0.105. The normalized spacial score (nSPS) is 10.5. The number of hydrogen-bond acceptors (Lipinski definition) is 4. The minimum absolute atomic E-state index is 0.00344. The van der Waals surface area contributed by atoms with E-state index < -0.39 is 5.91 Å². The highest BCUT2D eigenvalue weighted by molar-refractivity contribution is 9.10. The van der Waals surface area contributed by atoms with Gasteiger partial charge in [0.05, 0.1) is 5.69 Å². The summed E-state index contributed by atoms with van der Waals surface area (Å²) in [5.74, 6) is 0.937. The molecule has 3 aromatic rings. The number of carbonyl (C=O) groups excluding carboxylic acids is 1. The molecule has 25 heavy (non-hydrogen) atoms. The predicted molar refractivity (Wildman–Crippen MR) is 98.0 cm³/mol. The Labute approximate surface area is 153 Å². The predicted octanol–water partition coefficient (Wildman–Crippen LogP) is 4.89. The number of anilines is 1. The zero-order valence-corrected chi connectivity index (χ0v) is 15.0. The number of amides is 1. The molecule has 128 valence electrons. The van der Waals surface area contributed by atoms with E-state index in [4.69, 9.17) is 9.15 Å². The van der Waals surface area contributed by atoms with Crippen LogP contribution in [-0.4, -0.2) is 11.0 Å². The maximum Gasteiger partial charge on any atom is 0.291 e. The SMILES string of the molecule is Cc1ccc(O)c(NC(=O)c2ccc(COc3cccc(Br)c3)o2)c1. The molecule has 0 aliphatic carbocycles. The summed E-state index contributed by atoms with van der Waals surface area (Å²) in [6.45, 7) is 2.08. The Morgan fingerprint density at radius 3 is 2.84 bits per heavy atom. The molecule has 1 amide bonds. The lowest BCUT2D eigenvalue weighted by Gasteiger charge is -2.07. The first-order valence-corrected chi connectivity index (χ1v) is 8.38. The van der Waals surface area contributed by atoms with Crippen LogP contribution in [0.2, 0.25) is 0 Å². The Morgan fingerprint density at radius 1 is 1.20 bits per heavy atom. The Hall–Kier alpha value is -2.73. The Bertz CT molecular complexity index is 904. The van der Waals surface area contributed by atoms with Crippen LogP contribution in [0.3, 0.4) is 0 Å². The second-order valence-electron chi connectivity index (χ2n) is 5.49. The molecule has 6 heteroatoms. The highest BCUT2D eigenvalue weighted by Crippen LogP contribution is 2.25. The minimum Gasteiger partial charge on any atom is -0.506 e. The summed E-state index contributed by atoms with van der Waals surface area (Å²) in [7, 11) is 0. The first-order valence-electron chi connectivity index (χ1n) is 7.59. The first kappa shape index (κ1) is 17.1. The summed E-state index contributed by atoms with van der Waals surface area (Å²) < 4.78 is 12.1. The fourth-order valence-electron chi connectivity index (χ4n) is 2.22. The third-order valence-corrected chi connectivity index (χ3v) is 3.96. The highest BCUT2D eigenvalue weighted by Gasteiger charge is 2.14. The second-order valence-corrected chi connectivity index (χ2v) is 6.40. The van der Waals surface area contributed by atoms with Crippen LogP contribution in [-0.2, 0) is 6.61 Å². The van der Waals surface area contributed by atoms with Crippen molar-refractivity contribution in [2.75, 3.05) is 5.32 Å². The zero-order valence-electron chi connectivity index (χ0n) is 13.5. The van der Waals surface area contributed by atoms with Crippen molar-refractivity contribution in [2.45, 2.75) is 13.5 Å². The van der Waals surface area contributed by atoms with Gasteiger partial charge in [-0.15, -0.1) is 0 Å². The molecule has 1 aromatic heterocycles. The van der Waals surface area contributed by atoms with E-state index >= 15 is 0 Å². The number of halogens is 1. The maximum atomic E-state index is 12.2. The number of nitrogens with one attached hydrogen (secondary N) is 1. The highest BCUT2D eigenvalue weighted by atomic mass is 79.9. The van der Waals surface area contributed by atoms with E-state index in [-0.39, 0.29) is 18.1 Å². The number of ether oxygens (including phenoxy) is 1. The molecule has 3 rings (SSSR count). The first-order chi connectivity index (χ1) is 12.0. The molecule has 0 aliphatic rings. The minimum atomic E-state index is -0.436. The van der Waals surface area contributed by atoms with Crippen LogP contribution in [0.4, 0.5) is 5.69 Å². The molecule has 0 spiro atoms. The van der Waals surface area contributed by atoms with Gasteiger partial charge in [-0.25, -0.2) is 0 Å². The van der Waals surface area contributed by atoms with E-state index in [1.54, 1.807) is 24.3 Å². The van der Waals surface area contributed by atoms with E-state index in [1.807, 2.05) is 31.2 Å². The number of carbonyl (C=O) groups is 1. The summed E-state index contributed by atoms with van der Waals surface area (Å²) in [5, 5.41) is 12.4. The monoisotopic (exact) mass is 401 g/mol. The van der Waals surface area contributed by atoms with Crippen LogP contribution in [0.1, 0.15) is 21.9 Å². The summed E-state index contributed by atoms with van der Waals surface area (Å²) in [4.78, 5) is 12.2. The van der Waals surface area contributed by atoms with Gasteiger partial charge < -0.3 is 19.6 Å². The third-order valence-electron chi connectivity index (χ3n) is 3.46. The van der Waals surface area contributed by atoms with Crippen LogP contribution < -0.4 is 10.1 Å². The zero-order chi connectivity index (χ0) is 17.8. The molecule has 1 heterocycles. The number of phenolic OH excluding ortho intramolecular Hbond substituents is 1. The third kappa shape index (κ3) is 4.42. The molecule has 0 unspecified atom stereocenters. The van der Waals surface area contributed by atoms with Crippen LogP contribution in [0, 0.1) is 6.92 Å². The molecule has 0 atom stereocenters. The summed E-state index contributed by atoms with van der Waals surface area (Å²) in [6.07, 6.45) is 0. The van der Waals surface area contributed by atoms with Crippen molar-refractivity contribution in [2.24, 2.45) is 0 Å². The molecule has 0 saturated carbocycles. The lowest BCUT2D eigenvalue weighted by molar-refractivity contribution is 0.0992. The molecule has 5 nitrogen and oxygen atoms in total. The van der Waals surface area contributed by atoms with Crippen molar-refractivity contribution >= 4 is 27.5 Å². The van der Waals surface area contributed by atoms with Crippen LogP contribution in [0.15, 0.2) is 63.5 Å². The molecule has 0 bridgehead atoms. The van der Waals surface area contributed by atoms with Crippen molar-refractivity contribution in [3.63, 3.8) is 0 Å². The van der Waals surface area contributed by atoms with Gasteiger partial charge >= 0.3 is 0 Å². The van der Waals surface area contributed by atoms with Gasteiger partial charge in [0.1, 0.15) is 23.9 Å². The second kappa shape index (κ2) is 7.44. The van der Waals surface area contributed by atoms with Crippen molar-refractivity contribution in [1.29, 1.82) is 0 Å². The van der Waals surface area contributed by atoms with E-state index in [0.717, 1.165) is 10.0 Å². The number of furan rings is 1. The van der Waals surface area contributed by atoms with Crippen molar-refractivity contribution in [1.82, 2.24) is 0 Å². The lowest BCUT2D eigenvalue weighted by atomic mass is 10.2.